The first-order chi connectivity index (χ1) is 8.66. The molecule has 0 spiro atoms. The van der Waals surface area contributed by atoms with Crippen LogP contribution < -0.4 is 11.1 Å². The van der Waals surface area contributed by atoms with E-state index >= 15 is 0 Å². The molecule has 1 atom stereocenters. The topological polar surface area (TPSA) is 104 Å². The summed E-state index contributed by atoms with van der Waals surface area (Å²) in [6.45, 7) is 0.127. The van der Waals surface area contributed by atoms with Crippen molar-refractivity contribution in [2.45, 2.75) is 6.10 Å². The molecule has 0 aliphatic heterocycles. The minimum Gasteiger partial charge on any atom is -0.399 e. The van der Waals surface area contributed by atoms with Gasteiger partial charge in [-0.05, 0) is 23.8 Å². The van der Waals surface area contributed by atoms with Crippen LogP contribution in [0.2, 0.25) is 0 Å². The quantitative estimate of drug-likeness (QED) is 0.588. The van der Waals surface area contributed by atoms with Gasteiger partial charge in [0.25, 0.3) is 5.91 Å². The average molecular weight is 246 g/mol. The third-order valence-corrected chi connectivity index (χ3v) is 2.52. The number of carbonyl (C=O) groups excluding carboxylic acids is 1. The molecular formula is C12H14N4O2. The van der Waals surface area contributed by atoms with Crippen LogP contribution in [-0.2, 0) is 0 Å². The fraction of sp³-hybridized carbons (Fsp3) is 0.167. The number of rotatable bonds is 4. The Morgan fingerprint density at radius 2 is 2.11 bits per heavy atom. The van der Waals surface area contributed by atoms with Gasteiger partial charge in [0.2, 0.25) is 0 Å². The minimum absolute atomic E-state index is 0.127. The Balaban J connectivity index is 1.90. The van der Waals surface area contributed by atoms with E-state index in [0.717, 1.165) is 0 Å². The molecule has 5 N–H and O–H groups in total. The summed E-state index contributed by atoms with van der Waals surface area (Å²) in [5.41, 5.74) is 7.25. The van der Waals surface area contributed by atoms with Crippen molar-refractivity contribution in [3.63, 3.8) is 0 Å². The van der Waals surface area contributed by atoms with E-state index in [2.05, 4.69) is 15.5 Å². The second-order valence-electron chi connectivity index (χ2n) is 3.86. The number of H-pyrrole nitrogens is 1. The molecule has 1 unspecified atom stereocenters. The van der Waals surface area contributed by atoms with Crippen molar-refractivity contribution in [2.24, 2.45) is 0 Å². The Bertz CT molecular complexity index is 507. The van der Waals surface area contributed by atoms with Gasteiger partial charge in [0.15, 0.2) is 0 Å². The van der Waals surface area contributed by atoms with Gasteiger partial charge in [-0.1, -0.05) is 12.1 Å². The number of hydrogen-bond acceptors (Lipinski definition) is 4. The first-order valence-electron chi connectivity index (χ1n) is 5.48. The molecule has 0 bridgehead atoms. The predicted octanol–water partition coefficient (Wildman–Crippen LogP) is 0.455. The Kier molecular flexibility index (Phi) is 3.59. The van der Waals surface area contributed by atoms with E-state index in [1.54, 1.807) is 30.3 Å². The third kappa shape index (κ3) is 2.86. The van der Waals surface area contributed by atoms with E-state index in [1.807, 2.05) is 0 Å². The van der Waals surface area contributed by atoms with Crippen molar-refractivity contribution in [2.75, 3.05) is 12.3 Å². The lowest BCUT2D eigenvalue weighted by atomic mass is 10.1. The average Bonchev–Trinajstić information content (AvgIpc) is 2.90. The minimum atomic E-state index is -0.766. The molecular weight excluding hydrogens is 232 g/mol. The van der Waals surface area contributed by atoms with Crippen molar-refractivity contribution < 1.29 is 9.90 Å². The summed E-state index contributed by atoms with van der Waals surface area (Å²) < 4.78 is 0. The van der Waals surface area contributed by atoms with Gasteiger partial charge in [0, 0.05) is 18.4 Å². The second kappa shape index (κ2) is 5.33. The van der Waals surface area contributed by atoms with E-state index in [1.165, 1.54) is 6.20 Å². The van der Waals surface area contributed by atoms with Crippen molar-refractivity contribution >= 4 is 11.6 Å². The second-order valence-corrected chi connectivity index (χ2v) is 3.86. The molecule has 1 amide bonds. The standard InChI is InChI=1S/C12H14N4O2/c13-9-3-1-8(2-4-9)11(17)7-14-12(18)10-5-6-15-16-10/h1-6,11,17H,7,13H2,(H,14,18)(H,15,16). The molecule has 18 heavy (non-hydrogen) atoms. The molecule has 0 saturated heterocycles. The normalized spacial score (nSPS) is 12.1. The number of nitrogens with two attached hydrogens (primary N) is 1. The van der Waals surface area contributed by atoms with E-state index in [0.29, 0.717) is 16.9 Å². The Morgan fingerprint density at radius 3 is 2.72 bits per heavy atom. The van der Waals surface area contributed by atoms with Crippen LogP contribution >= 0.6 is 0 Å². The number of aliphatic hydroxyl groups is 1. The maximum Gasteiger partial charge on any atom is 0.269 e. The van der Waals surface area contributed by atoms with Gasteiger partial charge in [-0.15, -0.1) is 0 Å². The first-order valence-corrected chi connectivity index (χ1v) is 5.48. The fourth-order valence-corrected chi connectivity index (χ4v) is 1.50. The molecule has 2 rings (SSSR count). The van der Waals surface area contributed by atoms with Crippen LogP contribution in [0.25, 0.3) is 0 Å². The van der Waals surface area contributed by atoms with Crippen molar-refractivity contribution in [1.29, 1.82) is 0 Å². The van der Waals surface area contributed by atoms with E-state index in [-0.39, 0.29) is 12.5 Å². The van der Waals surface area contributed by atoms with Gasteiger partial charge >= 0.3 is 0 Å². The smallest absolute Gasteiger partial charge is 0.269 e. The number of anilines is 1. The van der Waals surface area contributed by atoms with Crippen LogP contribution in [-0.4, -0.2) is 27.8 Å². The molecule has 2 aromatic rings. The number of aromatic amines is 1. The molecule has 94 valence electrons. The highest BCUT2D eigenvalue weighted by Crippen LogP contribution is 2.13. The maximum atomic E-state index is 11.6. The van der Waals surface area contributed by atoms with Gasteiger partial charge < -0.3 is 16.2 Å². The van der Waals surface area contributed by atoms with Crippen molar-refractivity contribution in [3.05, 3.63) is 47.8 Å². The maximum absolute atomic E-state index is 11.6. The van der Waals surface area contributed by atoms with Crippen molar-refractivity contribution in [1.82, 2.24) is 15.5 Å². The fourth-order valence-electron chi connectivity index (χ4n) is 1.50. The number of nitrogens with one attached hydrogen (secondary N) is 2. The van der Waals surface area contributed by atoms with Gasteiger partial charge in [-0.2, -0.15) is 5.10 Å². The summed E-state index contributed by atoms with van der Waals surface area (Å²) in [6.07, 6.45) is 0.725. The Morgan fingerprint density at radius 1 is 1.39 bits per heavy atom. The van der Waals surface area contributed by atoms with Crippen LogP contribution in [0.5, 0.6) is 0 Å². The number of nitrogen functional groups attached to an aromatic ring is 1. The van der Waals surface area contributed by atoms with Crippen LogP contribution in [0.3, 0.4) is 0 Å². The molecule has 1 aromatic heterocycles. The van der Waals surface area contributed by atoms with Gasteiger partial charge in [-0.3, -0.25) is 9.89 Å². The molecule has 0 radical (unpaired) electrons. The lowest BCUT2D eigenvalue weighted by molar-refractivity contribution is 0.0911. The van der Waals surface area contributed by atoms with Crippen LogP contribution in [0, 0.1) is 0 Å². The van der Waals surface area contributed by atoms with E-state index < -0.39 is 6.10 Å². The molecule has 1 aromatic carbocycles. The lowest BCUT2D eigenvalue weighted by Gasteiger charge is -2.11. The highest BCUT2D eigenvalue weighted by molar-refractivity contribution is 5.92. The molecule has 0 aliphatic carbocycles. The molecule has 0 aliphatic rings. The summed E-state index contributed by atoms with van der Waals surface area (Å²) in [4.78, 5) is 11.6. The van der Waals surface area contributed by atoms with Crippen molar-refractivity contribution in [3.8, 4) is 0 Å². The monoisotopic (exact) mass is 246 g/mol. The summed E-state index contributed by atoms with van der Waals surface area (Å²) in [5, 5.41) is 18.7. The summed E-state index contributed by atoms with van der Waals surface area (Å²) in [7, 11) is 0. The summed E-state index contributed by atoms with van der Waals surface area (Å²) in [5.74, 6) is -0.304. The largest absolute Gasteiger partial charge is 0.399 e. The molecule has 6 heteroatoms. The molecule has 0 fully saturated rings. The molecule has 1 heterocycles. The SMILES string of the molecule is Nc1ccc(C(O)CNC(=O)c2ccn[nH]2)cc1. The lowest BCUT2D eigenvalue weighted by Crippen LogP contribution is -2.28. The number of carbonyl (C=O) groups is 1. The number of aromatic nitrogens is 2. The van der Waals surface area contributed by atoms with Gasteiger partial charge in [-0.25, -0.2) is 0 Å². The van der Waals surface area contributed by atoms with Gasteiger partial charge in [0.05, 0.1) is 6.10 Å². The van der Waals surface area contributed by atoms with Crippen LogP contribution in [0.15, 0.2) is 36.5 Å². The zero-order valence-corrected chi connectivity index (χ0v) is 9.63. The molecule has 6 nitrogen and oxygen atoms in total. The number of benzene rings is 1. The van der Waals surface area contributed by atoms with Crippen LogP contribution in [0.4, 0.5) is 5.69 Å². The highest BCUT2D eigenvalue weighted by Gasteiger charge is 2.11. The van der Waals surface area contributed by atoms with Gasteiger partial charge in [0.1, 0.15) is 5.69 Å². The summed E-state index contributed by atoms with van der Waals surface area (Å²) in [6, 6.07) is 8.42. The van der Waals surface area contributed by atoms with E-state index in [4.69, 9.17) is 5.73 Å². The predicted molar refractivity (Wildman–Crippen MR) is 66.7 cm³/mol. The zero-order chi connectivity index (χ0) is 13.0. The highest BCUT2D eigenvalue weighted by atomic mass is 16.3. The number of hydrogen-bond donors (Lipinski definition) is 4. The summed E-state index contributed by atoms with van der Waals surface area (Å²) >= 11 is 0. The molecule has 0 saturated carbocycles. The number of amides is 1. The zero-order valence-electron chi connectivity index (χ0n) is 9.63. The third-order valence-electron chi connectivity index (χ3n) is 2.52. The van der Waals surface area contributed by atoms with E-state index in [9.17, 15) is 9.90 Å². The Labute approximate surface area is 104 Å². The first kappa shape index (κ1) is 12.1. The Hall–Kier alpha value is -2.34. The van der Waals surface area contributed by atoms with Crippen LogP contribution in [0.1, 0.15) is 22.2 Å². The number of aliphatic hydroxyl groups excluding tert-OH is 1. The number of nitrogens with zero attached hydrogens (tertiary/aromatic N) is 1.